The van der Waals surface area contributed by atoms with Gasteiger partial charge in [0.25, 0.3) is 11.8 Å². The lowest BCUT2D eigenvalue weighted by atomic mass is 10.2. The van der Waals surface area contributed by atoms with Crippen LogP contribution in [0.1, 0.15) is 16.8 Å². The van der Waals surface area contributed by atoms with Crippen LogP contribution in [0.2, 0.25) is 5.02 Å². The van der Waals surface area contributed by atoms with E-state index >= 15 is 0 Å². The topological polar surface area (TPSA) is 49.4 Å². The molecule has 4 nitrogen and oxygen atoms in total. The standard InChI is InChI=1S/C12H11ClF2N2O2/c1-17(11(19)8-6-12(8,14)15)16-10(18)7-4-2-3-5-9(7)13/h2-5,8H,6H2,1H3,(H,16,18). The second kappa shape index (κ2) is 4.77. The minimum absolute atomic E-state index is 0.173. The van der Waals surface area contributed by atoms with Gasteiger partial charge in [0.05, 0.1) is 10.6 Å². The molecule has 102 valence electrons. The van der Waals surface area contributed by atoms with Gasteiger partial charge in [-0.25, -0.2) is 8.78 Å². The van der Waals surface area contributed by atoms with Crippen molar-refractivity contribution in [2.45, 2.75) is 12.3 Å². The van der Waals surface area contributed by atoms with Gasteiger partial charge >= 0.3 is 0 Å². The van der Waals surface area contributed by atoms with Gasteiger partial charge in [0.15, 0.2) is 0 Å². The zero-order valence-corrected chi connectivity index (χ0v) is 10.7. The third-order valence-corrected chi connectivity index (χ3v) is 3.17. The van der Waals surface area contributed by atoms with E-state index in [1.807, 2.05) is 0 Å². The predicted molar refractivity (Wildman–Crippen MR) is 64.7 cm³/mol. The van der Waals surface area contributed by atoms with E-state index in [1.165, 1.54) is 19.2 Å². The van der Waals surface area contributed by atoms with E-state index in [0.29, 0.717) is 0 Å². The quantitative estimate of drug-likeness (QED) is 0.847. The number of benzene rings is 1. The molecule has 7 heteroatoms. The first-order valence-corrected chi connectivity index (χ1v) is 5.91. The molecule has 1 aromatic rings. The van der Waals surface area contributed by atoms with Crippen LogP contribution in [0, 0.1) is 5.92 Å². The lowest BCUT2D eigenvalue weighted by Crippen LogP contribution is -2.44. The summed E-state index contributed by atoms with van der Waals surface area (Å²) in [5.74, 6) is -5.74. The Morgan fingerprint density at radius 3 is 2.53 bits per heavy atom. The highest BCUT2D eigenvalue weighted by molar-refractivity contribution is 6.33. The normalized spacial score (nSPS) is 19.7. The zero-order valence-electron chi connectivity index (χ0n) is 9.99. The summed E-state index contributed by atoms with van der Waals surface area (Å²) in [5, 5.41) is 0.995. The summed E-state index contributed by atoms with van der Waals surface area (Å²) in [5.41, 5.74) is 2.40. The molecule has 2 rings (SSSR count). The predicted octanol–water partition coefficient (Wildman–Crippen LogP) is 2.10. The Hall–Kier alpha value is -1.69. The lowest BCUT2D eigenvalue weighted by Gasteiger charge is -2.18. The number of nitrogens with zero attached hydrogens (tertiary/aromatic N) is 1. The van der Waals surface area contributed by atoms with Gasteiger partial charge in [0, 0.05) is 13.5 Å². The highest BCUT2D eigenvalue weighted by Crippen LogP contribution is 2.49. The molecule has 0 bridgehead atoms. The number of rotatable bonds is 2. The number of carbonyl (C=O) groups excluding carboxylic acids is 2. The van der Waals surface area contributed by atoms with Gasteiger partial charge in [0.1, 0.15) is 5.92 Å². The maximum atomic E-state index is 12.8. The summed E-state index contributed by atoms with van der Waals surface area (Å²) in [6, 6.07) is 6.26. The molecule has 0 heterocycles. The van der Waals surface area contributed by atoms with Gasteiger partial charge in [0.2, 0.25) is 5.91 Å². The number of hydrogen-bond acceptors (Lipinski definition) is 2. The maximum Gasteiger partial charge on any atom is 0.271 e. The molecule has 2 amide bonds. The summed E-state index contributed by atoms with van der Waals surface area (Å²) in [4.78, 5) is 23.4. The van der Waals surface area contributed by atoms with Crippen molar-refractivity contribution in [3.8, 4) is 0 Å². The SMILES string of the molecule is CN(NC(=O)c1ccccc1Cl)C(=O)C1CC1(F)F. The van der Waals surface area contributed by atoms with Crippen molar-refractivity contribution in [3.63, 3.8) is 0 Å². The fourth-order valence-corrected chi connectivity index (χ4v) is 1.85. The van der Waals surface area contributed by atoms with Crippen LogP contribution in [0.5, 0.6) is 0 Å². The summed E-state index contributed by atoms with van der Waals surface area (Å²) < 4.78 is 25.5. The van der Waals surface area contributed by atoms with E-state index in [0.717, 1.165) is 5.01 Å². The first-order valence-electron chi connectivity index (χ1n) is 5.54. The molecule has 19 heavy (non-hydrogen) atoms. The van der Waals surface area contributed by atoms with Gasteiger partial charge in [-0.3, -0.25) is 20.0 Å². The van der Waals surface area contributed by atoms with Crippen molar-refractivity contribution in [1.29, 1.82) is 0 Å². The van der Waals surface area contributed by atoms with E-state index in [4.69, 9.17) is 11.6 Å². The molecule has 1 aliphatic carbocycles. The molecule has 0 spiro atoms. The Bertz CT molecular complexity index is 536. The Kier molecular flexibility index (Phi) is 3.45. The molecule has 0 aliphatic heterocycles. The van der Waals surface area contributed by atoms with E-state index in [1.54, 1.807) is 12.1 Å². The molecule has 1 N–H and O–H groups in total. The number of hydrogen-bond donors (Lipinski definition) is 1. The van der Waals surface area contributed by atoms with Gasteiger partial charge < -0.3 is 0 Å². The second-order valence-corrected chi connectivity index (χ2v) is 4.74. The molecular weight excluding hydrogens is 278 g/mol. The molecule has 1 fully saturated rings. The second-order valence-electron chi connectivity index (χ2n) is 4.34. The Morgan fingerprint density at radius 1 is 1.42 bits per heavy atom. The van der Waals surface area contributed by atoms with E-state index in [-0.39, 0.29) is 10.6 Å². The van der Waals surface area contributed by atoms with E-state index in [9.17, 15) is 18.4 Å². The number of carbonyl (C=O) groups is 2. The summed E-state index contributed by atoms with van der Waals surface area (Å²) in [6.45, 7) is 0. The minimum atomic E-state index is -2.96. The van der Waals surface area contributed by atoms with Gasteiger partial charge in [-0.2, -0.15) is 0 Å². The molecule has 1 aliphatic rings. The maximum absolute atomic E-state index is 12.8. The van der Waals surface area contributed by atoms with Crippen molar-refractivity contribution < 1.29 is 18.4 Å². The number of nitrogens with one attached hydrogen (secondary N) is 1. The fraction of sp³-hybridized carbons (Fsp3) is 0.333. The van der Waals surface area contributed by atoms with Crippen LogP contribution in [-0.4, -0.2) is 29.8 Å². The molecule has 1 aromatic carbocycles. The average molecular weight is 289 g/mol. The third kappa shape index (κ3) is 2.84. The number of halogens is 3. The summed E-state index contributed by atoms with van der Waals surface area (Å²) in [7, 11) is 1.23. The van der Waals surface area contributed by atoms with E-state index in [2.05, 4.69) is 5.43 Å². The highest BCUT2D eigenvalue weighted by Gasteiger charge is 2.62. The van der Waals surface area contributed by atoms with Gasteiger partial charge in [-0.1, -0.05) is 23.7 Å². The Balaban J connectivity index is 2.00. The van der Waals surface area contributed by atoms with E-state index < -0.39 is 30.1 Å². The van der Waals surface area contributed by atoms with Crippen LogP contribution in [-0.2, 0) is 4.79 Å². The van der Waals surface area contributed by atoms with Gasteiger partial charge in [-0.05, 0) is 12.1 Å². The molecular formula is C12H11ClF2N2O2. The lowest BCUT2D eigenvalue weighted by molar-refractivity contribution is -0.135. The van der Waals surface area contributed by atoms with Crippen molar-refractivity contribution in [1.82, 2.24) is 10.4 Å². The van der Waals surface area contributed by atoms with Crippen LogP contribution in [0.15, 0.2) is 24.3 Å². The number of alkyl halides is 2. The van der Waals surface area contributed by atoms with Gasteiger partial charge in [-0.15, -0.1) is 0 Å². The first-order chi connectivity index (χ1) is 8.83. The Morgan fingerprint density at radius 2 is 2.00 bits per heavy atom. The van der Waals surface area contributed by atoms with Crippen LogP contribution < -0.4 is 5.43 Å². The van der Waals surface area contributed by atoms with Crippen LogP contribution in [0.25, 0.3) is 0 Å². The fourth-order valence-electron chi connectivity index (χ4n) is 1.63. The average Bonchev–Trinajstić information content (AvgIpc) is 2.97. The molecule has 0 radical (unpaired) electrons. The van der Waals surface area contributed by atoms with Crippen molar-refractivity contribution >= 4 is 23.4 Å². The molecule has 1 atom stereocenters. The van der Waals surface area contributed by atoms with Crippen molar-refractivity contribution in [3.05, 3.63) is 34.9 Å². The molecule has 1 saturated carbocycles. The smallest absolute Gasteiger partial charge is 0.271 e. The Labute approximate surface area is 113 Å². The molecule has 0 saturated heterocycles. The summed E-state index contributed by atoms with van der Waals surface area (Å²) in [6.07, 6.45) is -0.474. The van der Waals surface area contributed by atoms with Crippen LogP contribution in [0.4, 0.5) is 8.78 Å². The number of hydrazine groups is 1. The highest BCUT2D eigenvalue weighted by atomic mass is 35.5. The zero-order chi connectivity index (χ0) is 14.2. The monoisotopic (exact) mass is 288 g/mol. The molecule has 0 aromatic heterocycles. The largest absolute Gasteiger partial charge is 0.272 e. The molecule has 1 unspecified atom stereocenters. The summed E-state index contributed by atoms with van der Waals surface area (Å²) >= 11 is 5.82. The minimum Gasteiger partial charge on any atom is -0.272 e. The third-order valence-electron chi connectivity index (χ3n) is 2.84. The van der Waals surface area contributed by atoms with Crippen LogP contribution >= 0.6 is 11.6 Å². The van der Waals surface area contributed by atoms with Crippen molar-refractivity contribution in [2.24, 2.45) is 5.92 Å². The van der Waals surface area contributed by atoms with Crippen LogP contribution in [0.3, 0.4) is 0 Å². The number of amides is 2. The first kappa shape index (κ1) is 13.7. The van der Waals surface area contributed by atoms with Crippen molar-refractivity contribution in [2.75, 3.05) is 7.05 Å².